The van der Waals surface area contributed by atoms with Crippen LogP contribution in [0.15, 0.2) is 36.4 Å². The zero-order valence-electron chi connectivity index (χ0n) is 37.7. The highest BCUT2D eigenvalue weighted by atomic mass is 16.2. The van der Waals surface area contributed by atoms with Gasteiger partial charge in [-0.15, -0.1) is 0 Å². The number of benzene rings is 2. The summed E-state index contributed by atoms with van der Waals surface area (Å²) in [5, 5.41) is 21.1. The number of likely N-dealkylation sites (tertiary alicyclic amines) is 2. The van der Waals surface area contributed by atoms with Crippen LogP contribution in [0.3, 0.4) is 0 Å². The van der Waals surface area contributed by atoms with Crippen LogP contribution in [-0.4, -0.2) is 115 Å². The maximum absolute atomic E-state index is 14.2. The number of anilines is 1. The van der Waals surface area contributed by atoms with Gasteiger partial charge in [0, 0.05) is 24.3 Å². The summed E-state index contributed by atoms with van der Waals surface area (Å²) in [7, 11) is 3.36. The highest BCUT2D eigenvalue weighted by Crippen LogP contribution is 2.37. The molecule has 0 radical (unpaired) electrons. The molecule has 63 heavy (non-hydrogen) atoms. The van der Waals surface area contributed by atoms with Crippen molar-refractivity contribution in [2.24, 2.45) is 0 Å². The summed E-state index contributed by atoms with van der Waals surface area (Å²) in [6, 6.07) is 7.05. The number of fused-ring (bicyclic) bond motifs is 2. The number of hydrogen-bond acceptors (Lipinski definition) is 9. The molecule has 2 fully saturated rings. The maximum atomic E-state index is 14.2. The Labute approximate surface area is 371 Å². The summed E-state index contributed by atoms with van der Waals surface area (Å²) in [6.07, 6.45) is 7.59. The average Bonchev–Trinajstić information content (AvgIpc) is 4.00. The fourth-order valence-corrected chi connectivity index (χ4v) is 9.59. The van der Waals surface area contributed by atoms with E-state index in [0.29, 0.717) is 82.1 Å². The zero-order chi connectivity index (χ0) is 45.4. The van der Waals surface area contributed by atoms with E-state index in [1.807, 2.05) is 50.2 Å². The Hall–Kier alpha value is -5.35. The lowest BCUT2D eigenvalue weighted by molar-refractivity contribution is -0.141. The molecule has 6 rings (SSSR count). The van der Waals surface area contributed by atoms with Gasteiger partial charge in [-0.1, -0.05) is 38.1 Å². The van der Waals surface area contributed by atoms with E-state index in [4.69, 9.17) is 0 Å². The Bertz CT molecular complexity index is 2040. The minimum absolute atomic E-state index is 0.226. The van der Waals surface area contributed by atoms with E-state index in [-0.39, 0.29) is 53.4 Å². The van der Waals surface area contributed by atoms with E-state index >= 15 is 0 Å². The molecular weight excluding hydrogens is 803 g/mol. The van der Waals surface area contributed by atoms with Gasteiger partial charge in [0.15, 0.2) is 0 Å². The molecule has 0 spiro atoms. The number of hydrogen-bond donors (Lipinski definition) is 7. The molecule has 4 aliphatic rings. The van der Waals surface area contributed by atoms with Crippen LogP contribution in [0.5, 0.6) is 0 Å². The van der Waals surface area contributed by atoms with Crippen LogP contribution in [0.2, 0.25) is 0 Å². The molecule has 2 aromatic rings. The van der Waals surface area contributed by atoms with Gasteiger partial charge < -0.3 is 47.0 Å². The predicted octanol–water partition coefficient (Wildman–Crippen LogP) is 2.91. The summed E-state index contributed by atoms with van der Waals surface area (Å²) < 4.78 is 0. The molecule has 2 saturated heterocycles. The summed E-state index contributed by atoms with van der Waals surface area (Å²) in [6.45, 7) is 8.01. The monoisotopic (exact) mass is 870 g/mol. The standard InChI is InChI=1S/C47H67N9O7/c1-7-34(50-41(57)27(3)48-5)46(62)55-25-13-23-39(55)44(60)53-36-20-10-15-29-30(36)16-9-19-33(29)43(59)52-37-21-11-18-32-31(37)17-12-22-38(32)54-45(61)40-24-14-26-56(40)47(63)35(8-2)51-42(58)28(4)49-6/h9,11,16,18-19,21,27-28,34-36,38-40,48-49H,7-8,10,12-15,17,20,22-26H2,1-6H3,(H,50,57)(H,51,58)(H,52,59)(H,53,60)(H,54,61)/t27-,28-,34-,35-,36+,38+,39-,40-/m0/s1. The molecule has 7 amide bonds. The van der Waals surface area contributed by atoms with Gasteiger partial charge in [0.05, 0.1) is 24.2 Å². The van der Waals surface area contributed by atoms with Crippen molar-refractivity contribution in [2.75, 3.05) is 32.5 Å². The number of carbonyl (C=O) groups excluding carboxylic acids is 7. The maximum Gasteiger partial charge on any atom is 0.255 e. The summed E-state index contributed by atoms with van der Waals surface area (Å²) in [5.41, 5.74) is 4.87. The topological polar surface area (TPSA) is 210 Å². The number of nitrogens with one attached hydrogen (secondary N) is 7. The fraction of sp³-hybridized carbons (Fsp3) is 0.596. The van der Waals surface area contributed by atoms with Crippen LogP contribution in [-0.2, 0) is 41.6 Å². The molecule has 0 bridgehead atoms. The van der Waals surface area contributed by atoms with Crippen LogP contribution in [0.25, 0.3) is 0 Å². The van der Waals surface area contributed by atoms with Crippen molar-refractivity contribution >= 4 is 47.0 Å². The second-order valence-corrected chi connectivity index (χ2v) is 17.4. The molecular formula is C47H67N9O7. The highest BCUT2D eigenvalue weighted by Gasteiger charge is 2.40. The van der Waals surface area contributed by atoms with E-state index in [2.05, 4.69) is 37.2 Å². The van der Waals surface area contributed by atoms with Crippen molar-refractivity contribution < 1.29 is 33.6 Å². The SMILES string of the molecule is CC[C@H](NC(=O)[C@H](C)NC)C(=O)N1CCC[C@H]1C(=O)N[C@@H]1CCCc2c(NC(=O)c3cccc4c3CCC[C@H]4NC(=O)[C@@H]3CCCN3C(=O)[C@H](CC)NC(=O)[C@H](C)NC)cccc21. The smallest absolute Gasteiger partial charge is 0.255 e. The van der Waals surface area contributed by atoms with Crippen molar-refractivity contribution in [3.8, 4) is 0 Å². The van der Waals surface area contributed by atoms with Crippen molar-refractivity contribution in [1.29, 1.82) is 0 Å². The molecule has 342 valence electrons. The fourth-order valence-electron chi connectivity index (χ4n) is 9.59. The zero-order valence-corrected chi connectivity index (χ0v) is 37.7. The van der Waals surface area contributed by atoms with Gasteiger partial charge in [0.1, 0.15) is 24.2 Å². The summed E-state index contributed by atoms with van der Waals surface area (Å²) >= 11 is 0. The Kier molecular flexibility index (Phi) is 16.0. The second kappa shape index (κ2) is 21.3. The largest absolute Gasteiger partial charge is 0.347 e. The number of nitrogens with zero attached hydrogens (tertiary/aromatic N) is 2. The van der Waals surface area contributed by atoms with E-state index in [1.54, 1.807) is 37.7 Å². The molecule has 2 heterocycles. The van der Waals surface area contributed by atoms with Crippen LogP contribution >= 0.6 is 0 Å². The third kappa shape index (κ3) is 10.5. The van der Waals surface area contributed by atoms with Crippen molar-refractivity contribution in [2.45, 2.75) is 153 Å². The summed E-state index contributed by atoms with van der Waals surface area (Å²) in [4.78, 5) is 97.6. The van der Waals surface area contributed by atoms with E-state index in [1.165, 1.54) is 0 Å². The summed E-state index contributed by atoms with van der Waals surface area (Å²) in [5.74, 6) is -1.78. The van der Waals surface area contributed by atoms with Crippen LogP contribution in [0.4, 0.5) is 5.69 Å². The number of likely N-dealkylation sites (N-methyl/N-ethyl adjacent to an activating group) is 2. The molecule has 7 N–H and O–H groups in total. The van der Waals surface area contributed by atoms with Gasteiger partial charge in [-0.3, -0.25) is 33.6 Å². The molecule has 0 unspecified atom stereocenters. The Morgan fingerprint density at radius 1 is 0.619 bits per heavy atom. The first-order valence-corrected chi connectivity index (χ1v) is 23.0. The normalized spacial score (nSPS) is 22.4. The Morgan fingerprint density at radius 3 is 1.56 bits per heavy atom. The van der Waals surface area contributed by atoms with E-state index in [9.17, 15) is 33.6 Å². The Balaban J connectivity index is 1.12. The molecule has 2 aromatic carbocycles. The van der Waals surface area contributed by atoms with Gasteiger partial charge in [-0.05, 0) is 139 Å². The first kappa shape index (κ1) is 47.1. The lowest BCUT2D eigenvalue weighted by Gasteiger charge is -2.32. The lowest BCUT2D eigenvalue weighted by atomic mass is 9.84. The predicted molar refractivity (Wildman–Crippen MR) is 239 cm³/mol. The second-order valence-electron chi connectivity index (χ2n) is 17.4. The van der Waals surface area contributed by atoms with Gasteiger partial charge in [-0.2, -0.15) is 0 Å². The van der Waals surface area contributed by atoms with Crippen LogP contribution in [0.1, 0.15) is 137 Å². The van der Waals surface area contributed by atoms with Gasteiger partial charge in [-0.25, -0.2) is 0 Å². The van der Waals surface area contributed by atoms with Gasteiger partial charge >= 0.3 is 0 Å². The highest BCUT2D eigenvalue weighted by molar-refractivity contribution is 6.06. The number of amides is 7. The number of rotatable bonds is 16. The molecule has 2 aliphatic heterocycles. The van der Waals surface area contributed by atoms with E-state index in [0.717, 1.165) is 41.5 Å². The first-order valence-electron chi connectivity index (χ1n) is 23.0. The van der Waals surface area contributed by atoms with Gasteiger partial charge in [0.25, 0.3) is 5.91 Å². The molecule has 16 heteroatoms. The minimum atomic E-state index is -0.730. The van der Waals surface area contributed by atoms with Crippen molar-refractivity contribution in [3.63, 3.8) is 0 Å². The molecule has 2 aliphatic carbocycles. The first-order chi connectivity index (χ1) is 30.3. The average molecular weight is 870 g/mol. The molecule has 8 atom stereocenters. The molecule has 0 aromatic heterocycles. The molecule has 0 saturated carbocycles. The minimum Gasteiger partial charge on any atom is -0.347 e. The van der Waals surface area contributed by atoms with Crippen molar-refractivity contribution in [3.05, 3.63) is 64.2 Å². The van der Waals surface area contributed by atoms with Crippen molar-refractivity contribution in [1.82, 2.24) is 41.7 Å². The quantitative estimate of drug-likeness (QED) is 0.132. The Morgan fingerprint density at radius 2 is 1.08 bits per heavy atom. The molecule has 16 nitrogen and oxygen atoms in total. The number of carbonyl (C=O) groups is 7. The third-order valence-electron chi connectivity index (χ3n) is 13.5. The van der Waals surface area contributed by atoms with E-state index < -0.39 is 36.3 Å². The third-order valence-corrected chi connectivity index (χ3v) is 13.5. The van der Waals surface area contributed by atoms with Gasteiger partial charge in [0.2, 0.25) is 35.4 Å². The van der Waals surface area contributed by atoms with Crippen LogP contribution in [0, 0.1) is 0 Å². The lowest BCUT2D eigenvalue weighted by Crippen LogP contribution is -2.55. The van der Waals surface area contributed by atoms with Crippen LogP contribution < -0.4 is 37.2 Å².